The molecule has 0 aromatic heterocycles. The molecule has 0 aliphatic carbocycles. The van der Waals surface area contributed by atoms with Gasteiger partial charge in [0.2, 0.25) is 10.0 Å². The number of aliphatic imine (C=N–C) groups is 1. The van der Waals surface area contributed by atoms with Gasteiger partial charge in [-0.1, -0.05) is 13.2 Å². The standard InChI is InChI=1S/C13H23N3O6S/c1-8-12(14-10(3)15-13(18)9(2)21-4)16(23(5,19)20)6-11(7-17)22-8/h9,11,13,15,17-18H,1,3,6-7H2,2,4-5H3/b14-12+/t9-,11-,13?/m1/s1. The molecule has 0 bridgehead atoms. The summed E-state index contributed by atoms with van der Waals surface area (Å²) in [6, 6.07) is 0. The van der Waals surface area contributed by atoms with Gasteiger partial charge in [-0.05, 0) is 6.92 Å². The van der Waals surface area contributed by atoms with Crippen molar-refractivity contribution in [3.63, 3.8) is 0 Å². The van der Waals surface area contributed by atoms with Crippen LogP contribution in [0.15, 0.2) is 29.7 Å². The fourth-order valence-electron chi connectivity index (χ4n) is 1.78. The second-order valence-electron chi connectivity index (χ2n) is 5.05. The highest BCUT2D eigenvalue weighted by Crippen LogP contribution is 2.19. The number of nitrogens with one attached hydrogen (secondary N) is 1. The zero-order valence-corrected chi connectivity index (χ0v) is 14.2. The second kappa shape index (κ2) is 7.77. The number of aliphatic hydroxyl groups is 2. The van der Waals surface area contributed by atoms with Gasteiger partial charge >= 0.3 is 0 Å². The molecule has 0 spiro atoms. The third-order valence-electron chi connectivity index (χ3n) is 3.14. The zero-order chi connectivity index (χ0) is 17.8. The van der Waals surface area contributed by atoms with Gasteiger partial charge < -0.3 is 25.0 Å². The van der Waals surface area contributed by atoms with Crippen molar-refractivity contribution in [2.24, 2.45) is 4.99 Å². The summed E-state index contributed by atoms with van der Waals surface area (Å²) in [6.07, 6.45) is -1.32. The monoisotopic (exact) mass is 349 g/mol. The van der Waals surface area contributed by atoms with Crippen LogP contribution < -0.4 is 5.32 Å². The first-order chi connectivity index (χ1) is 10.6. The molecule has 0 aromatic rings. The average Bonchev–Trinajstić information content (AvgIpc) is 2.46. The second-order valence-corrected chi connectivity index (χ2v) is 6.96. The highest BCUT2D eigenvalue weighted by molar-refractivity contribution is 7.88. The molecule has 1 heterocycles. The van der Waals surface area contributed by atoms with Crippen molar-refractivity contribution in [2.75, 3.05) is 26.5 Å². The number of ether oxygens (including phenoxy) is 2. The zero-order valence-electron chi connectivity index (χ0n) is 13.4. The third kappa shape index (κ3) is 5.20. The van der Waals surface area contributed by atoms with Gasteiger partial charge in [0.15, 0.2) is 17.8 Å². The number of rotatable bonds is 7. The van der Waals surface area contributed by atoms with E-state index in [4.69, 9.17) is 14.6 Å². The van der Waals surface area contributed by atoms with Gasteiger partial charge in [-0.25, -0.2) is 17.7 Å². The number of aliphatic hydroxyl groups excluding tert-OH is 2. The Morgan fingerprint density at radius 1 is 1.65 bits per heavy atom. The van der Waals surface area contributed by atoms with Crippen molar-refractivity contribution in [1.82, 2.24) is 9.62 Å². The lowest BCUT2D eigenvalue weighted by Crippen LogP contribution is -2.49. The largest absolute Gasteiger partial charge is 0.483 e. The fraction of sp³-hybridized carbons (Fsp3) is 0.615. The number of methoxy groups -OCH3 is 1. The molecule has 0 amide bonds. The number of hydrogen-bond acceptors (Lipinski definition) is 8. The molecule has 10 heteroatoms. The Labute approximate surface area is 136 Å². The molecule has 0 saturated carbocycles. The number of nitrogens with zero attached hydrogens (tertiary/aromatic N) is 2. The van der Waals surface area contributed by atoms with Gasteiger partial charge in [0.05, 0.1) is 25.5 Å². The lowest BCUT2D eigenvalue weighted by atomic mass is 10.3. The molecular weight excluding hydrogens is 326 g/mol. The van der Waals surface area contributed by atoms with E-state index in [9.17, 15) is 13.5 Å². The summed E-state index contributed by atoms with van der Waals surface area (Å²) in [6.45, 7) is 8.40. The van der Waals surface area contributed by atoms with Crippen LogP contribution in [0.2, 0.25) is 0 Å². The molecule has 1 saturated heterocycles. The van der Waals surface area contributed by atoms with Gasteiger partial charge in [0.25, 0.3) is 0 Å². The molecule has 3 N–H and O–H groups in total. The first-order valence-corrected chi connectivity index (χ1v) is 8.64. The first-order valence-electron chi connectivity index (χ1n) is 6.79. The predicted molar refractivity (Wildman–Crippen MR) is 84.8 cm³/mol. The minimum Gasteiger partial charge on any atom is -0.483 e. The van der Waals surface area contributed by atoms with E-state index in [-0.39, 0.29) is 30.6 Å². The van der Waals surface area contributed by atoms with Crippen LogP contribution in [0.3, 0.4) is 0 Å². The maximum atomic E-state index is 11.9. The van der Waals surface area contributed by atoms with Gasteiger partial charge in [0, 0.05) is 7.11 Å². The van der Waals surface area contributed by atoms with Crippen LogP contribution in [0, 0.1) is 0 Å². The molecule has 1 aliphatic heterocycles. The van der Waals surface area contributed by atoms with Crippen molar-refractivity contribution < 1.29 is 28.1 Å². The molecule has 1 rings (SSSR count). The number of sulfonamides is 1. The van der Waals surface area contributed by atoms with Crippen molar-refractivity contribution in [1.29, 1.82) is 0 Å². The average molecular weight is 349 g/mol. The Hall–Kier alpha value is -1.62. The molecule has 9 nitrogen and oxygen atoms in total. The van der Waals surface area contributed by atoms with Crippen molar-refractivity contribution >= 4 is 15.9 Å². The molecule has 132 valence electrons. The summed E-state index contributed by atoms with van der Waals surface area (Å²) < 4.78 is 35.0. The van der Waals surface area contributed by atoms with Gasteiger partial charge in [0.1, 0.15) is 11.9 Å². The smallest absolute Gasteiger partial charge is 0.233 e. The predicted octanol–water partition coefficient (Wildman–Crippen LogP) is -1.03. The van der Waals surface area contributed by atoms with E-state index in [0.29, 0.717) is 0 Å². The van der Waals surface area contributed by atoms with E-state index in [1.165, 1.54) is 7.11 Å². The lowest BCUT2D eigenvalue weighted by molar-refractivity contribution is -0.0129. The Bertz CT molecular complexity index is 589. The van der Waals surface area contributed by atoms with Gasteiger partial charge in [-0.3, -0.25) is 0 Å². The maximum Gasteiger partial charge on any atom is 0.233 e. The summed E-state index contributed by atoms with van der Waals surface area (Å²) >= 11 is 0. The van der Waals surface area contributed by atoms with E-state index >= 15 is 0 Å². The van der Waals surface area contributed by atoms with E-state index in [1.807, 2.05) is 0 Å². The topological polar surface area (TPSA) is 121 Å². The SMILES string of the molecule is C=C(/N=C1\C(=C)O[C@@H](CO)CN1S(C)(=O)=O)NC(O)[C@@H](C)OC. The van der Waals surface area contributed by atoms with Crippen molar-refractivity contribution in [2.45, 2.75) is 25.4 Å². The van der Waals surface area contributed by atoms with E-state index in [0.717, 1.165) is 10.6 Å². The van der Waals surface area contributed by atoms with Crippen LogP contribution in [0.4, 0.5) is 0 Å². The van der Waals surface area contributed by atoms with E-state index in [1.54, 1.807) is 6.92 Å². The molecule has 0 aromatic carbocycles. The summed E-state index contributed by atoms with van der Waals surface area (Å²) in [5.41, 5.74) is 0. The van der Waals surface area contributed by atoms with Gasteiger partial charge in [-0.15, -0.1) is 0 Å². The van der Waals surface area contributed by atoms with Crippen LogP contribution in [0.25, 0.3) is 0 Å². The number of amidine groups is 1. The van der Waals surface area contributed by atoms with Crippen molar-refractivity contribution in [3.05, 3.63) is 24.7 Å². The summed E-state index contributed by atoms with van der Waals surface area (Å²) in [4.78, 5) is 4.03. The quantitative estimate of drug-likeness (QED) is 0.502. The van der Waals surface area contributed by atoms with Crippen LogP contribution in [0.5, 0.6) is 0 Å². The Kier molecular flexibility index (Phi) is 6.57. The van der Waals surface area contributed by atoms with Crippen molar-refractivity contribution in [3.8, 4) is 0 Å². The van der Waals surface area contributed by atoms with E-state index < -0.39 is 28.5 Å². The molecule has 3 atom stereocenters. The summed E-state index contributed by atoms with van der Waals surface area (Å²) in [5.74, 6) is -0.0674. The fourth-order valence-corrected chi connectivity index (χ4v) is 2.68. The molecule has 23 heavy (non-hydrogen) atoms. The Morgan fingerprint density at radius 3 is 2.74 bits per heavy atom. The Balaban J connectivity index is 3.01. The van der Waals surface area contributed by atoms with Crippen LogP contribution in [-0.4, -0.2) is 73.7 Å². The number of morpholine rings is 1. The molecule has 1 unspecified atom stereocenters. The number of hydrogen-bond donors (Lipinski definition) is 3. The third-order valence-corrected chi connectivity index (χ3v) is 4.26. The first kappa shape index (κ1) is 19.4. The van der Waals surface area contributed by atoms with E-state index in [2.05, 4.69) is 23.5 Å². The highest BCUT2D eigenvalue weighted by atomic mass is 32.2. The summed E-state index contributed by atoms with van der Waals surface area (Å²) in [5, 5.41) is 21.5. The van der Waals surface area contributed by atoms with Crippen LogP contribution in [-0.2, 0) is 19.5 Å². The molecule has 1 aliphatic rings. The highest BCUT2D eigenvalue weighted by Gasteiger charge is 2.34. The Morgan fingerprint density at radius 2 is 2.26 bits per heavy atom. The lowest BCUT2D eigenvalue weighted by Gasteiger charge is -2.34. The van der Waals surface area contributed by atoms with Gasteiger partial charge in [-0.2, -0.15) is 0 Å². The molecule has 0 radical (unpaired) electrons. The van der Waals surface area contributed by atoms with Crippen LogP contribution >= 0.6 is 0 Å². The maximum absolute atomic E-state index is 11.9. The molecular formula is C13H23N3O6S. The normalized spacial score (nSPS) is 23.3. The minimum absolute atomic E-state index is 0.0113. The minimum atomic E-state index is -3.65. The molecule has 1 fully saturated rings. The van der Waals surface area contributed by atoms with Crippen LogP contribution in [0.1, 0.15) is 6.92 Å². The summed E-state index contributed by atoms with van der Waals surface area (Å²) in [7, 11) is -2.22.